The molecular formula is C17H14F2N4O2. The van der Waals surface area contributed by atoms with E-state index >= 15 is 0 Å². The van der Waals surface area contributed by atoms with E-state index in [4.69, 9.17) is 0 Å². The van der Waals surface area contributed by atoms with Crippen molar-refractivity contribution in [1.29, 1.82) is 0 Å². The number of hydrogen-bond donors (Lipinski definition) is 2. The Kier molecular flexibility index (Phi) is 3.60. The third kappa shape index (κ3) is 3.02. The molecule has 0 unspecified atom stereocenters. The molecule has 0 aromatic carbocycles. The number of halogens is 2. The molecule has 3 heterocycles. The van der Waals surface area contributed by atoms with Crippen LogP contribution < -0.4 is 10.7 Å². The fraction of sp³-hybridized carbons (Fsp3) is 0.235. The van der Waals surface area contributed by atoms with Gasteiger partial charge >= 0.3 is 0 Å². The number of nitrogens with one attached hydrogen (secondary N) is 2. The van der Waals surface area contributed by atoms with Crippen LogP contribution in [-0.4, -0.2) is 20.3 Å². The third-order valence-corrected chi connectivity index (χ3v) is 4.12. The molecule has 1 fully saturated rings. The van der Waals surface area contributed by atoms with Gasteiger partial charge in [0, 0.05) is 30.1 Å². The standard InChI is InChI=1S/C17H14F2N4O2/c18-16(19)10-2-1-3-11(20-10)17(25)22-13-8-23-7-12(9-4-5-9)21-15(23)6-14(13)24/h1-3,6-9,16,21H,4-5H2,(H,22,25). The summed E-state index contributed by atoms with van der Waals surface area (Å²) < 4.78 is 27.1. The molecular weight excluding hydrogens is 330 g/mol. The van der Waals surface area contributed by atoms with Gasteiger partial charge in [-0.3, -0.25) is 9.59 Å². The van der Waals surface area contributed by atoms with Gasteiger partial charge in [0.25, 0.3) is 12.3 Å². The number of aromatic nitrogens is 3. The highest BCUT2D eigenvalue weighted by Crippen LogP contribution is 2.39. The zero-order valence-electron chi connectivity index (χ0n) is 13.0. The van der Waals surface area contributed by atoms with Crippen LogP contribution in [0.5, 0.6) is 0 Å². The lowest BCUT2D eigenvalue weighted by Crippen LogP contribution is -2.20. The quantitative estimate of drug-likeness (QED) is 0.763. The van der Waals surface area contributed by atoms with Crippen molar-refractivity contribution in [1.82, 2.24) is 14.4 Å². The average Bonchev–Trinajstić information content (AvgIpc) is 3.36. The summed E-state index contributed by atoms with van der Waals surface area (Å²) in [6, 6.07) is 5.18. The summed E-state index contributed by atoms with van der Waals surface area (Å²) in [5.41, 5.74) is 0.724. The van der Waals surface area contributed by atoms with Crippen molar-refractivity contribution in [3.05, 3.63) is 64.0 Å². The van der Waals surface area contributed by atoms with E-state index in [1.54, 1.807) is 4.40 Å². The number of fused-ring (bicyclic) bond motifs is 1. The minimum atomic E-state index is -2.77. The van der Waals surface area contributed by atoms with Gasteiger partial charge in [-0.1, -0.05) is 6.07 Å². The van der Waals surface area contributed by atoms with Gasteiger partial charge in [0.2, 0.25) is 5.43 Å². The number of amides is 1. The topological polar surface area (TPSA) is 79.3 Å². The van der Waals surface area contributed by atoms with E-state index in [0.29, 0.717) is 11.6 Å². The Morgan fingerprint density at radius 3 is 2.84 bits per heavy atom. The maximum Gasteiger partial charge on any atom is 0.280 e. The van der Waals surface area contributed by atoms with E-state index in [1.165, 1.54) is 24.4 Å². The van der Waals surface area contributed by atoms with Gasteiger partial charge in [0.05, 0.1) is 0 Å². The van der Waals surface area contributed by atoms with Gasteiger partial charge in [0.1, 0.15) is 22.7 Å². The van der Waals surface area contributed by atoms with Crippen LogP contribution in [0.15, 0.2) is 41.5 Å². The highest BCUT2D eigenvalue weighted by Gasteiger charge is 2.25. The first-order chi connectivity index (χ1) is 12.0. The fourth-order valence-corrected chi connectivity index (χ4v) is 2.67. The monoisotopic (exact) mass is 344 g/mol. The smallest absolute Gasteiger partial charge is 0.280 e. The van der Waals surface area contributed by atoms with Gasteiger partial charge < -0.3 is 14.7 Å². The van der Waals surface area contributed by atoms with Crippen molar-refractivity contribution >= 4 is 17.2 Å². The lowest BCUT2D eigenvalue weighted by atomic mass is 10.3. The normalized spacial score (nSPS) is 14.2. The van der Waals surface area contributed by atoms with Gasteiger partial charge in [-0.25, -0.2) is 13.8 Å². The number of aromatic amines is 1. The lowest BCUT2D eigenvalue weighted by Gasteiger charge is -2.06. The molecule has 1 aliphatic rings. The zero-order chi connectivity index (χ0) is 17.6. The van der Waals surface area contributed by atoms with Crippen LogP contribution in [0.1, 0.15) is 47.1 Å². The number of rotatable bonds is 4. The van der Waals surface area contributed by atoms with E-state index < -0.39 is 18.0 Å². The number of imidazole rings is 1. The largest absolute Gasteiger partial charge is 0.343 e. The number of nitrogens with zero attached hydrogens (tertiary/aromatic N) is 2. The molecule has 0 saturated heterocycles. The van der Waals surface area contributed by atoms with Crippen molar-refractivity contribution in [2.45, 2.75) is 25.2 Å². The summed E-state index contributed by atoms with van der Waals surface area (Å²) in [7, 11) is 0. The molecule has 4 rings (SSSR count). The number of anilines is 1. The Morgan fingerprint density at radius 1 is 1.32 bits per heavy atom. The first-order valence-electron chi connectivity index (χ1n) is 7.82. The molecule has 0 aliphatic heterocycles. The van der Waals surface area contributed by atoms with E-state index in [-0.39, 0.29) is 16.8 Å². The minimum Gasteiger partial charge on any atom is -0.343 e. The molecule has 0 spiro atoms. The highest BCUT2D eigenvalue weighted by molar-refractivity contribution is 6.02. The number of alkyl halides is 2. The molecule has 0 atom stereocenters. The Bertz CT molecular complexity index is 1020. The second kappa shape index (κ2) is 5.80. The molecule has 0 bridgehead atoms. The van der Waals surface area contributed by atoms with E-state index in [1.807, 2.05) is 6.20 Å². The summed E-state index contributed by atoms with van der Waals surface area (Å²) >= 11 is 0. The first kappa shape index (κ1) is 15.5. The van der Waals surface area contributed by atoms with E-state index in [2.05, 4.69) is 15.3 Å². The number of pyridine rings is 2. The van der Waals surface area contributed by atoms with E-state index in [0.717, 1.165) is 24.6 Å². The Labute approximate surface area is 140 Å². The number of carbonyl (C=O) groups is 1. The molecule has 25 heavy (non-hydrogen) atoms. The van der Waals surface area contributed by atoms with Crippen LogP contribution in [0.2, 0.25) is 0 Å². The molecule has 1 saturated carbocycles. The second-order valence-corrected chi connectivity index (χ2v) is 6.03. The predicted octanol–water partition coefficient (Wildman–Crippen LogP) is 3.09. The molecule has 3 aromatic heterocycles. The molecule has 0 radical (unpaired) electrons. The van der Waals surface area contributed by atoms with Gasteiger partial charge in [-0.15, -0.1) is 0 Å². The predicted molar refractivity (Wildman–Crippen MR) is 87.1 cm³/mol. The van der Waals surface area contributed by atoms with Crippen molar-refractivity contribution in [2.75, 3.05) is 5.32 Å². The molecule has 8 heteroatoms. The maximum atomic E-state index is 12.7. The van der Waals surface area contributed by atoms with Crippen LogP contribution in [0.4, 0.5) is 14.5 Å². The zero-order valence-corrected chi connectivity index (χ0v) is 13.0. The lowest BCUT2D eigenvalue weighted by molar-refractivity contribution is 0.102. The Balaban J connectivity index is 1.63. The summed E-state index contributed by atoms with van der Waals surface area (Å²) in [6.07, 6.45) is 2.86. The van der Waals surface area contributed by atoms with Gasteiger partial charge in [-0.05, 0) is 25.0 Å². The molecule has 1 amide bonds. The summed E-state index contributed by atoms with van der Waals surface area (Å²) in [5, 5.41) is 2.45. The van der Waals surface area contributed by atoms with Crippen LogP contribution in [0.25, 0.3) is 5.65 Å². The van der Waals surface area contributed by atoms with Crippen molar-refractivity contribution in [3.8, 4) is 0 Å². The third-order valence-electron chi connectivity index (χ3n) is 4.12. The van der Waals surface area contributed by atoms with E-state index in [9.17, 15) is 18.4 Å². The van der Waals surface area contributed by atoms with Gasteiger partial charge in [-0.2, -0.15) is 0 Å². The highest BCUT2D eigenvalue weighted by atomic mass is 19.3. The SMILES string of the molecule is O=C(Nc1cn2cc(C3CC3)[nH]c2cc1=O)c1cccc(C(F)F)n1. The average molecular weight is 344 g/mol. The first-order valence-corrected chi connectivity index (χ1v) is 7.82. The van der Waals surface area contributed by atoms with Crippen molar-refractivity contribution < 1.29 is 13.6 Å². The van der Waals surface area contributed by atoms with Crippen LogP contribution >= 0.6 is 0 Å². The van der Waals surface area contributed by atoms with Crippen LogP contribution in [-0.2, 0) is 0 Å². The minimum absolute atomic E-state index is 0.0631. The summed E-state index contributed by atoms with van der Waals surface area (Å²) in [4.78, 5) is 31.2. The maximum absolute atomic E-state index is 12.7. The molecule has 6 nitrogen and oxygen atoms in total. The number of carbonyl (C=O) groups excluding carboxylic acids is 1. The molecule has 3 aromatic rings. The molecule has 2 N–H and O–H groups in total. The van der Waals surface area contributed by atoms with Crippen molar-refractivity contribution in [3.63, 3.8) is 0 Å². The molecule has 128 valence electrons. The van der Waals surface area contributed by atoms with Crippen LogP contribution in [0.3, 0.4) is 0 Å². The van der Waals surface area contributed by atoms with Crippen LogP contribution in [0, 0.1) is 0 Å². The fourth-order valence-electron chi connectivity index (χ4n) is 2.67. The van der Waals surface area contributed by atoms with Gasteiger partial charge in [0.15, 0.2) is 0 Å². The Hall–Kier alpha value is -3.03. The summed E-state index contributed by atoms with van der Waals surface area (Å²) in [6.45, 7) is 0. The second-order valence-electron chi connectivity index (χ2n) is 6.03. The summed E-state index contributed by atoms with van der Waals surface area (Å²) in [5.74, 6) is -0.216. The molecule has 1 aliphatic carbocycles. The number of hydrogen-bond acceptors (Lipinski definition) is 3. The van der Waals surface area contributed by atoms with Crippen molar-refractivity contribution in [2.24, 2.45) is 0 Å². The number of H-pyrrole nitrogens is 1. The Morgan fingerprint density at radius 2 is 2.12 bits per heavy atom.